The molecule has 0 bridgehead atoms. The first-order valence-corrected chi connectivity index (χ1v) is 9.80. The minimum absolute atomic E-state index is 0.244. The number of nitrogens with one attached hydrogen (secondary N) is 1. The summed E-state index contributed by atoms with van der Waals surface area (Å²) in [6.07, 6.45) is 3.09. The molecule has 0 radical (unpaired) electrons. The topological polar surface area (TPSA) is 55.4 Å². The SMILES string of the molecule is O=C(C=Cc1ccc(-c2ccc(Cl)cc2)o1)Nc1ccc2oc3ccccc3c2c1. The van der Waals surface area contributed by atoms with E-state index >= 15 is 0 Å². The van der Waals surface area contributed by atoms with Crippen molar-refractivity contribution in [2.75, 3.05) is 5.32 Å². The molecule has 0 fully saturated rings. The van der Waals surface area contributed by atoms with Crippen molar-refractivity contribution < 1.29 is 13.6 Å². The number of furan rings is 2. The molecule has 0 spiro atoms. The van der Waals surface area contributed by atoms with Crippen LogP contribution in [0.25, 0.3) is 39.3 Å². The third-order valence-electron chi connectivity index (χ3n) is 4.80. The molecule has 1 N–H and O–H groups in total. The van der Waals surface area contributed by atoms with Gasteiger partial charge in [-0.3, -0.25) is 4.79 Å². The summed E-state index contributed by atoms with van der Waals surface area (Å²) in [5, 5.41) is 5.53. The second kappa shape index (κ2) is 7.58. The summed E-state index contributed by atoms with van der Waals surface area (Å²) in [6, 6.07) is 24.5. The lowest BCUT2D eigenvalue weighted by molar-refractivity contribution is -0.111. The first kappa shape index (κ1) is 18.3. The second-order valence-corrected chi connectivity index (χ2v) is 7.28. The van der Waals surface area contributed by atoms with Gasteiger partial charge in [-0.1, -0.05) is 29.8 Å². The van der Waals surface area contributed by atoms with E-state index in [0.29, 0.717) is 22.2 Å². The molecule has 0 atom stereocenters. The van der Waals surface area contributed by atoms with Gasteiger partial charge in [-0.25, -0.2) is 0 Å². The van der Waals surface area contributed by atoms with Gasteiger partial charge >= 0.3 is 0 Å². The van der Waals surface area contributed by atoms with Gasteiger partial charge in [-0.2, -0.15) is 0 Å². The molecule has 2 heterocycles. The van der Waals surface area contributed by atoms with E-state index in [-0.39, 0.29) is 5.91 Å². The average molecular weight is 414 g/mol. The third kappa shape index (κ3) is 3.61. The van der Waals surface area contributed by atoms with Gasteiger partial charge in [0.15, 0.2) is 0 Å². The predicted molar refractivity (Wildman–Crippen MR) is 121 cm³/mol. The van der Waals surface area contributed by atoms with Gasteiger partial charge in [0.05, 0.1) is 0 Å². The van der Waals surface area contributed by atoms with Crippen LogP contribution in [0.3, 0.4) is 0 Å². The zero-order chi connectivity index (χ0) is 20.5. The minimum Gasteiger partial charge on any atom is -0.457 e. The van der Waals surface area contributed by atoms with Gasteiger partial charge in [0.25, 0.3) is 0 Å². The van der Waals surface area contributed by atoms with Crippen LogP contribution in [0.4, 0.5) is 5.69 Å². The largest absolute Gasteiger partial charge is 0.457 e. The standard InChI is InChI=1S/C25H16ClNO3/c26-17-7-5-16(6-8-17)22-13-10-19(29-22)11-14-25(28)27-18-9-12-24-21(15-18)20-3-1-2-4-23(20)30-24/h1-15H,(H,27,28). The molecule has 146 valence electrons. The number of carbonyl (C=O) groups excluding carboxylic acids is 1. The Bertz CT molecular complexity index is 1390. The Kier molecular flexibility index (Phi) is 4.62. The molecular formula is C25H16ClNO3. The number of halogens is 1. The molecule has 3 aromatic carbocycles. The summed E-state index contributed by atoms with van der Waals surface area (Å²) >= 11 is 5.92. The van der Waals surface area contributed by atoms with Crippen molar-refractivity contribution >= 4 is 51.2 Å². The van der Waals surface area contributed by atoms with Crippen LogP contribution in [-0.4, -0.2) is 5.91 Å². The first-order valence-electron chi connectivity index (χ1n) is 9.42. The molecule has 0 aliphatic carbocycles. The van der Waals surface area contributed by atoms with Gasteiger partial charge in [-0.05, 0) is 66.7 Å². The number of fused-ring (bicyclic) bond motifs is 3. The molecule has 5 heteroatoms. The lowest BCUT2D eigenvalue weighted by Gasteiger charge is -2.01. The van der Waals surface area contributed by atoms with Gasteiger partial charge in [0, 0.05) is 33.1 Å². The van der Waals surface area contributed by atoms with Crippen molar-refractivity contribution in [2.24, 2.45) is 0 Å². The van der Waals surface area contributed by atoms with E-state index in [2.05, 4.69) is 5.32 Å². The molecule has 1 amide bonds. The highest BCUT2D eigenvalue weighted by Gasteiger charge is 2.08. The van der Waals surface area contributed by atoms with Crippen LogP contribution < -0.4 is 5.32 Å². The van der Waals surface area contributed by atoms with E-state index in [9.17, 15) is 4.79 Å². The Hall–Kier alpha value is -3.76. The van der Waals surface area contributed by atoms with Crippen molar-refractivity contribution in [3.05, 3.63) is 95.7 Å². The summed E-state index contributed by atoms with van der Waals surface area (Å²) in [5.41, 5.74) is 3.23. The van der Waals surface area contributed by atoms with Crippen LogP contribution in [0.1, 0.15) is 5.76 Å². The zero-order valence-electron chi connectivity index (χ0n) is 15.8. The van der Waals surface area contributed by atoms with Gasteiger partial charge in [-0.15, -0.1) is 0 Å². The van der Waals surface area contributed by atoms with Crippen molar-refractivity contribution in [1.82, 2.24) is 0 Å². The number of carbonyl (C=O) groups is 1. The van der Waals surface area contributed by atoms with Crippen molar-refractivity contribution in [3.63, 3.8) is 0 Å². The van der Waals surface area contributed by atoms with E-state index in [1.165, 1.54) is 6.08 Å². The van der Waals surface area contributed by atoms with Gasteiger partial charge in [0.2, 0.25) is 5.91 Å². The molecule has 0 aliphatic rings. The summed E-state index contributed by atoms with van der Waals surface area (Å²) in [6.45, 7) is 0. The van der Waals surface area contributed by atoms with E-state index < -0.39 is 0 Å². The maximum Gasteiger partial charge on any atom is 0.248 e. The van der Waals surface area contributed by atoms with Crippen LogP contribution in [0, 0.1) is 0 Å². The average Bonchev–Trinajstić information content (AvgIpc) is 3.37. The van der Waals surface area contributed by atoms with E-state index in [1.807, 2.05) is 78.9 Å². The highest BCUT2D eigenvalue weighted by atomic mass is 35.5. The number of benzene rings is 3. The predicted octanol–water partition coefficient (Wildman–Crippen LogP) is 7.15. The lowest BCUT2D eigenvalue weighted by Crippen LogP contribution is -2.07. The van der Waals surface area contributed by atoms with Crippen LogP contribution in [0.2, 0.25) is 5.02 Å². The fourth-order valence-electron chi connectivity index (χ4n) is 3.36. The molecule has 0 saturated carbocycles. The highest BCUT2D eigenvalue weighted by Crippen LogP contribution is 2.30. The van der Waals surface area contributed by atoms with Crippen molar-refractivity contribution in [1.29, 1.82) is 0 Å². The number of hydrogen-bond donors (Lipinski definition) is 1. The number of rotatable bonds is 4. The molecule has 0 saturated heterocycles. The molecule has 4 nitrogen and oxygen atoms in total. The summed E-state index contributed by atoms with van der Waals surface area (Å²) in [7, 11) is 0. The summed E-state index contributed by atoms with van der Waals surface area (Å²) in [5.74, 6) is 1.06. The molecular weight excluding hydrogens is 398 g/mol. The fourth-order valence-corrected chi connectivity index (χ4v) is 3.48. The Morgan fingerprint density at radius 2 is 1.63 bits per heavy atom. The maximum atomic E-state index is 12.4. The third-order valence-corrected chi connectivity index (χ3v) is 5.05. The first-order chi connectivity index (χ1) is 14.7. The molecule has 0 aliphatic heterocycles. The van der Waals surface area contributed by atoms with Crippen molar-refractivity contribution in [2.45, 2.75) is 0 Å². The molecule has 30 heavy (non-hydrogen) atoms. The molecule has 0 unspecified atom stereocenters. The molecule has 2 aromatic heterocycles. The smallest absolute Gasteiger partial charge is 0.248 e. The molecule has 5 rings (SSSR count). The lowest BCUT2D eigenvalue weighted by atomic mass is 10.1. The van der Waals surface area contributed by atoms with Crippen LogP contribution >= 0.6 is 11.6 Å². The quantitative estimate of drug-likeness (QED) is 0.318. The van der Waals surface area contributed by atoms with Crippen LogP contribution in [0.15, 0.2) is 93.8 Å². The van der Waals surface area contributed by atoms with E-state index in [0.717, 1.165) is 27.5 Å². The highest BCUT2D eigenvalue weighted by molar-refractivity contribution is 6.30. The Balaban J connectivity index is 1.32. The second-order valence-electron chi connectivity index (χ2n) is 6.84. The van der Waals surface area contributed by atoms with Gasteiger partial charge < -0.3 is 14.2 Å². The monoisotopic (exact) mass is 413 g/mol. The summed E-state index contributed by atoms with van der Waals surface area (Å²) < 4.78 is 11.6. The Labute approximate surface area is 177 Å². The Morgan fingerprint density at radius 3 is 2.50 bits per heavy atom. The number of hydrogen-bond acceptors (Lipinski definition) is 3. The van der Waals surface area contributed by atoms with Crippen molar-refractivity contribution in [3.8, 4) is 11.3 Å². The van der Waals surface area contributed by atoms with Crippen LogP contribution in [-0.2, 0) is 4.79 Å². The fraction of sp³-hybridized carbons (Fsp3) is 0. The van der Waals surface area contributed by atoms with E-state index in [4.69, 9.17) is 20.4 Å². The Morgan fingerprint density at radius 1 is 0.833 bits per heavy atom. The van der Waals surface area contributed by atoms with E-state index in [1.54, 1.807) is 6.08 Å². The zero-order valence-corrected chi connectivity index (χ0v) is 16.5. The number of para-hydroxylation sites is 1. The normalized spacial score (nSPS) is 11.5. The minimum atomic E-state index is -0.244. The van der Waals surface area contributed by atoms with Gasteiger partial charge in [0.1, 0.15) is 22.7 Å². The number of amides is 1. The summed E-state index contributed by atoms with van der Waals surface area (Å²) in [4.78, 5) is 12.4. The van der Waals surface area contributed by atoms with Crippen LogP contribution in [0.5, 0.6) is 0 Å². The maximum absolute atomic E-state index is 12.4. The number of anilines is 1. The molecule has 5 aromatic rings.